The topological polar surface area (TPSA) is 83.5 Å². The molecule has 0 bridgehead atoms. The maximum absolute atomic E-state index is 12.7. The molecule has 0 aliphatic carbocycles. The molecule has 1 fully saturated rings. The van der Waals surface area contributed by atoms with Gasteiger partial charge < -0.3 is 28.8 Å². The van der Waals surface area contributed by atoms with Gasteiger partial charge in [-0.05, 0) is 37.4 Å². The van der Waals surface area contributed by atoms with E-state index in [-0.39, 0.29) is 33.3 Å². The van der Waals surface area contributed by atoms with E-state index in [4.69, 9.17) is 25.1 Å². The van der Waals surface area contributed by atoms with Gasteiger partial charge in [-0.2, -0.15) is 0 Å². The highest BCUT2D eigenvalue weighted by atomic mass is 16.7. The summed E-state index contributed by atoms with van der Waals surface area (Å²) in [6.07, 6.45) is -4.68. The van der Waals surface area contributed by atoms with Gasteiger partial charge in [0.2, 0.25) is 0 Å². The van der Waals surface area contributed by atoms with Gasteiger partial charge in [0.1, 0.15) is 31.0 Å². The van der Waals surface area contributed by atoms with Crippen LogP contribution in [0.5, 0.6) is 0 Å². The van der Waals surface area contributed by atoms with Crippen LogP contribution in [-0.2, 0) is 48.3 Å². The van der Waals surface area contributed by atoms with Gasteiger partial charge in [-0.3, -0.25) is 4.79 Å². The van der Waals surface area contributed by atoms with Crippen LogP contribution in [0.2, 0.25) is 0 Å². The molecule has 0 radical (unpaired) electrons. The molecule has 7 nitrogen and oxygen atoms in total. The molecule has 4 rings (SSSR count). The fourth-order valence-corrected chi connectivity index (χ4v) is 4.19. The summed E-state index contributed by atoms with van der Waals surface area (Å²) in [7, 11) is 0. The van der Waals surface area contributed by atoms with Crippen molar-refractivity contribution >= 4 is 5.97 Å². The molecule has 208 valence electrons. The van der Waals surface area contributed by atoms with Gasteiger partial charge in [0, 0.05) is 1.37 Å². The van der Waals surface area contributed by atoms with Crippen molar-refractivity contribution in [3.05, 3.63) is 108 Å². The second-order valence-electron chi connectivity index (χ2n) is 10.3. The highest BCUT2D eigenvalue weighted by Crippen LogP contribution is 2.30. The lowest BCUT2D eigenvalue weighted by Crippen LogP contribution is -2.61. The van der Waals surface area contributed by atoms with E-state index in [0.29, 0.717) is 0 Å². The number of hydrogen-bond acceptors (Lipinski definition) is 7. The molecule has 1 aliphatic heterocycles. The summed E-state index contributed by atoms with van der Waals surface area (Å²) in [6, 6.07) is 28.9. The van der Waals surface area contributed by atoms with Crippen LogP contribution in [0.25, 0.3) is 0 Å². The SMILES string of the molecule is [2H]CC(C)(C)C(=O)OC[C@H]1OC(OCc2ccccc2)[C@H](OCc2ccccc2)[C@@H](O)[C@H]1OCc1ccccc1. The van der Waals surface area contributed by atoms with E-state index in [1.807, 2.05) is 91.0 Å². The Bertz CT molecular complexity index is 1160. The minimum atomic E-state index is -1.14. The number of ether oxygens (including phenoxy) is 5. The van der Waals surface area contributed by atoms with Crippen molar-refractivity contribution in [3.8, 4) is 0 Å². The summed E-state index contributed by atoms with van der Waals surface area (Å²) in [4.78, 5) is 12.7. The molecule has 1 N–H and O–H groups in total. The zero-order chi connectivity index (χ0) is 28.4. The van der Waals surface area contributed by atoms with Gasteiger partial charge in [-0.15, -0.1) is 0 Å². The normalized spacial score (nSPS) is 23.7. The standard InChI is InChI=1S/C32H38O7/c1-32(2,3)31(34)38-22-26-28(35-19-23-13-7-4-8-14-23)27(33)29(36-20-24-15-9-5-10-16-24)30(39-26)37-21-25-17-11-6-12-18-25/h4-18,26-30,33H,19-22H2,1-3H3/t26-,27+,28+,29-,30?/m1/s1/i1D. The minimum absolute atomic E-state index is 0.119. The molecule has 0 aromatic heterocycles. The molecule has 3 aromatic carbocycles. The average Bonchev–Trinajstić information content (AvgIpc) is 2.99. The van der Waals surface area contributed by atoms with E-state index in [1.54, 1.807) is 13.8 Å². The van der Waals surface area contributed by atoms with Gasteiger partial charge in [-0.25, -0.2) is 0 Å². The summed E-state index contributed by atoms with van der Waals surface area (Å²) in [5, 5.41) is 11.6. The first-order chi connectivity index (χ1) is 19.4. The van der Waals surface area contributed by atoms with Crippen LogP contribution in [0.15, 0.2) is 91.0 Å². The number of aliphatic hydroxyl groups excluding tert-OH is 1. The molecule has 1 unspecified atom stereocenters. The zero-order valence-electron chi connectivity index (χ0n) is 23.5. The van der Waals surface area contributed by atoms with Gasteiger partial charge in [0.05, 0.1) is 25.2 Å². The van der Waals surface area contributed by atoms with E-state index in [1.165, 1.54) is 0 Å². The Morgan fingerprint density at radius 3 is 1.74 bits per heavy atom. The van der Waals surface area contributed by atoms with E-state index in [2.05, 4.69) is 0 Å². The van der Waals surface area contributed by atoms with Crippen LogP contribution in [-0.4, -0.2) is 48.4 Å². The second kappa shape index (κ2) is 13.8. The molecule has 1 saturated heterocycles. The molecular weight excluding hydrogens is 496 g/mol. The van der Waals surface area contributed by atoms with Gasteiger partial charge in [0.15, 0.2) is 6.29 Å². The van der Waals surface area contributed by atoms with Crippen molar-refractivity contribution < 1.29 is 35.0 Å². The molecule has 5 atom stereocenters. The smallest absolute Gasteiger partial charge is 0.311 e. The lowest BCUT2D eigenvalue weighted by Gasteiger charge is -2.44. The van der Waals surface area contributed by atoms with E-state index in [9.17, 15) is 9.90 Å². The predicted octanol–water partition coefficient (Wildman–Crippen LogP) is 5.05. The monoisotopic (exact) mass is 535 g/mol. The number of esters is 1. The Balaban J connectivity index is 1.54. The zero-order valence-corrected chi connectivity index (χ0v) is 22.5. The Morgan fingerprint density at radius 2 is 1.26 bits per heavy atom. The van der Waals surface area contributed by atoms with Gasteiger partial charge in [0.25, 0.3) is 0 Å². The number of carbonyl (C=O) groups excluding carboxylic acids is 1. The maximum Gasteiger partial charge on any atom is 0.311 e. The predicted molar refractivity (Wildman–Crippen MR) is 146 cm³/mol. The van der Waals surface area contributed by atoms with Crippen molar-refractivity contribution in [2.45, 2.75) is 71.3 Å². The van der Waals surface area contributed by atoms with Crippen LogP contribution < -0.4 is 0 Å². The Kier molecular flexibility index (Phi) is 9.75. The summed E-state index contributed by atoms with van der Waals surface area (Å²) in [5.41, 5.74) is 1.82. The molecule has 0 amide bonds. The van der Waals surface area contributed by atoms with E-state index in [0.717, 1.165) is 16.7 Å². The van der Waals surface area contributed by atoms with Crippen molar-refractivity contribution in [3.63, 3.8) is 0 Å². The van der Waals surface area contributed by atoms with E-state index < -0.39 is 42.1 Å². The summed E-state index contributed by atoms with van der Waals surface area (Å²) >= 11 is 0. The van der Waals surface area contributed by atoms with E-state index >= 15 is 0 Å². The molecule has 39 heavy (non-hydrogen) atoms. The Labute approximate surface area is 232 Å². The van der Waals surface area contributed by atoms with Crippen molar-refractivity contribution in [2.75, 3.05) is 6.61 Å². The summed E-state index contributed by atoms with van der Waals surface area (Å²) in [5.74, 6) is -0.522. The number of carbonyl (C=O) groups is 1. The molecule has 0 saturated carbocycles. The first kappa shape index (κ1) is 27.5. The minimum Gasteiger partial charge on any atom is -0.462 e. The molecule has 1 aliphatic rings. The average molecular weight is 536 g/mol. The molecule has 7 heteroatoms. The van der Waals surface area contributed by atoms with Crippen LogP contribution in [0.1, 0.15) is 38.8 Å². The van der Waals surface area contributed by atoms with Crippen molar-refractivity contribution in [1.82, 2.24) is 0 Å². The maximum atomic E-state index is 12.7. The third kappa shape index (κ3) is 8.46. The molecular formula is C32H38O7. The first-order valence-corrected chi connectivity index (χ1v) is 13.1. The van der Waals surface area contributed by atoms with Crippen LogP contribution >= 0.6 is 0 Å². The first-order valence-electron chi connectivity index (χ1n) is 13.8. The van der Waals surface area contributed by atoms with Crippen molar-refractivity contribution in [1.29, 1.82) is 0 Å². The van der Waals surface area contributed by atoms with Crippen LogP contribution in [0, 0.1) is 5.41 Å². The van der Waals surface area contributed by atoms with Gasteiger partial charge >= 0.3 is 5.97 Å². The number of hydrogen-bond donors (Lipinski definition) is 1. The number of rotatable bonds is 11. The summed E-state index contributed by atoms with van der Waals surface area (Å²) < 4.78 is 38.1. The second-order valence-corrected chi connectivity index (χ2v) is 10.3. The highest BCUT2D eigenvalue weighted by Gasteiger charge is 2.48. The quantitative estimate of drug-likeness (QED) is 0.344. The number of aliphatic hydroxyl groups is 1. The van der Waals surface area contributed by atoms with Crippen LogP contribution in [0.4, 0.5) is 0 Å². The highest BCUT2D eigenvalue weighted by molar-refractivity contribution is 5.75. The third-order valence-corrected chi connectivity index (χ3v) is 6.38. The molecule has 3 aromatic rings. The Hall–Kier alpha value is -3.07. The third-order valence-electron chi connectivity index (χ3n) is 6.38. The molecule has 1 heterocycles. The fraction of sp³-hybridized carbons (Fsp3) is 0.406. The largest absolute Gasteiger partial charge is 0.462 e. The van der Waals surface area contributed by atoms with Crippen LogP contribution in [0.3, 0.4) is 0 Å². The lowest BCUT2D eigenvalue weighted by atomic mass is 9.96. The number of benzene rings is 3. The van der Waals surface area contributed by atoms with Gasteiger partial charge in [-0.1, -0.05) is 91.0 Å². The van der Waals surface area contributed by atoms with Crippen molar-refractivity contribution in [2.24, 2.45) is 5.41 Å². The lowest BCUT2D eigenvalue weighted by molar-refractivity contribution is -0.322. The fourth-order valence-electron chi connectivity index (χ4n) is 4.19. The Morgan fingerprint density at radius 1 is 0.795 bits per heavy atom. The molecule has 0 spiro atoms. The summed E-state index contributed by atoms with van der Waals surface area (Å²) in [6.45, 7) is 3.71.